The molecule has 0 aliphatic carbocycles. The molecule has 0 radical (unpaired) electrons. The number of halogens is 1. The number of methoxy groups -OCH3 is 1. The van der Waals surface area contributed by atoms with Crippen LogP contribution in [0.25, 0.3) is 0 Å². The van der Waals surface area contributed by atoms with E-state index in [-0.39, 0.29) is 16.1 Å². The van der Waals surface area contributed by atoms with E-state index in [4.69, 9.17) is 10.5 Å². The quantitative estimate of drug-likeness (QED) is 0.664. The number of benzene rings is 1. The molecule has 0 spiro atoms. The van der Waals surface area contributed by atoms with E-state index in [0.29, 0.717) is 16.6 Å². The maximum absolute atomic E-state index is 13.8. The van der Waals surface area contributed by atoms with E-state index >= 15 is 0 Å². The standard InChI is InChI=1S/C12H12FN3O2S/c1-6-3-11(17)16-12(15-6)19-10-5-9(18-2)8(14)4-7(10)13/h3-5H,14H2,1-2H3,(H,15,16,17). The van der Waals surface area contributed by atoms with Crippen LogP contribution < -0.4 is 16.0 Å². The first-order valence-electron chi connectivity index (χ1n) is 5.38. The van der Waals surface area contributed by atoms with Gasteiger partial charge in [-0.2, -0.15) is 0 Å². The summed E-state index contributed by atoms with van der Waals surface area (Å²) in [7, 11) is 1.45. The molecule has 7 heteroatoms. The number of anilines is 1. The summed E-state index contributed by atoms with van der Waals surface area (Å²) in [6.07, 6.45) is 0. The summed E-state index contributed by atoms with van der Waals surface area (Å²) in [5.41, 5.74) is 6.10. The normalized spacial score (nSPS) is 10.5. The Morgan fingerprint density at radius 3 is 2.79 bits per heavy atom. The molecule has 0 aliphatic heterocycles. The van der Waals surface area contributed by atoms with Gasteiger partial charge in [0.05, 0.1) is 17.7 Å². The summed E-state index contributed by atoms with van der Waals surface area (Å²) in [5.74, 6) is -0.119. The van der Waals surface area contributed by atoms with Gasteiger partial charge in [-0.25, -0.2) is 9.37 Å². The van der Waals surface area contributed by atoms with Crippen LogP contribution in [0.2, 0.25) is 0 Å². The number of hydrogen-bond donors (Lipinski definition) is 2. The van der Waals surface area contributed by atoms with Crippen LogP contribution in [0.15, 0.2) is 33.0 Å². The summed E-state index contributed by atoms with van der Waals surface area (Å²) < 4.78 is 18.8. The number of aryl methyl sites for hydroxylation is 1. The van der Waals surface area contributed by atoms with Crippen LogP contribution in [0.5, 0.6) is 5.75 Å². The van der Waals surface area contributed by atoms with Gasteiger partial charge in [-0.1, -0.05) is 0 Å². The lowest BCUT2D eigenvalue weighted by Crippen LogP contribution is -2.08. The molecule has 0 fully saturated rings. The van der Waals surface area contributed by atoms with E-state index in [1.807, 2.05) is 0 Å². The molecule has 2 rings (SSSR count). The number of rotatable bonds is 3. The molecule has 3 N–H and O–H groups in total. The first kappa shape index (κ1) is 13.4. The van der Waals surface area contributed by atoms with E-state index in [9.17, 15) is 9.18 Å². The van der Waals surface area contributed by atoms with E-state index in [0.717, 1.165) is 11.8 Å². The predicted molar refractivity (Wildman–Crippen MR) is 71.1 cm³/mol. The zero-order valence-electron chi connectivity index (χ0n) is 10.4. The van der Waals surface area contributed by atoms with Gasteiger partial charge in [-0.05, 0) is 24.8 Å². The third kappa shape index (κ3) is 3.05. The van der Waals surface area contributed by atoms with Crippen molar-refractivity contribution in [1.82, 2.24) is 9.97 Å². The smallest absolute Gasteiger partial charge is 0.251 e. The van der Waals surface area contributed by atoms with Crippen molar-refractivity contribution in [1.29, 1.82) is 0 Å². The van der Waals surface area contributed by atoms with Crippen molar-refractivity contribution in [3.05, 3.63) is 40.1 Å². The van der Waals surface area contributed by atoms with Crippen LogP contribution in [0, 0.1) is 12.7 Å². The van der Waals surface area contributed by atoms with Gasteiger partial charge in [0, 0.05) is 17.8 Å². The molecule has 0 aliphatic rings. The van der Waals surface area contributed by atoms with Gasteiger partial charge >= 0.3 is 0 Å². The van der Waals surface area contributed by atoms with Crippen LogP contribution in [-0.2, 0) is 0 Å². The molecule has 0 saturated carbocycles. The second-order valence-corrected chi connectivity index (χ2v) is 4.85. The third-order valence-corrected chi connectivity index (χ3v) is 3.26. The Kier molecular flexibility index (Phi) is 3.75. The van der Waals surface area contributed by atoms with Crippen LogP contribution in [0.1, 0.15) is 5.69 Å². The molecule has 2 aromatic rings. The molecule has 5 nitrogen and oxygen atoms in total. The monoisotopic (exact) mass is 281 g/mol. The second-order valence-electron chi connectivity index (χ2n) is 3.82. The summed E-state index contributed by atoms with van der Waals surface area (Å²) in [6.45, 7) is 1.69. The maximum Gasteiger partial charge on any atom is 0.251 e. The third-order valence-electron chi connectivity index (χ3n) is 2.34. The molecule has 1 heterocycles. The minimum Gasteiger partial charge on any atom is -0.495 e. The van der Waals surface area contributed by atoms with Crippen LogP contribution in [-0.4, -0.2) is 17.1 Å². The van der Waals surface area contributed by atoms with E-state index in [1.54, 1.807) is 6.92 Å². The van der Waals surface area contributed by atoms with Crippen LogP contribution in [0.3, 0.4) is 0 Å². The van der Waals surface area contributed by atoms with Crippen molar-refractivity contribution in [3.63, 3.8) is 0 Å². The first-order valence-corrected chi connectivity index (χ1v) is 6.20. The SMILES string of the molecule is COc1cc(Sc2nc(C)cc(=O)[nH]2)c(F)cc1N. The number of nitrogens with one attached hydrogen (secondary N) is 1. The Labute approximate surface area is 113 Å². The highest BCUT2D eigenvalue weighted by Crippen LogP contribution is 2.33. The fourth-order valence-electron chi connectivity index (χ4n) is 1.51. The van der Waals surface area contributed by atoms with Gasteiger partial charge in [0.2, 0.25) is 0 Å². The number of ether oxygens (including phenoxy) is 1. The average Bonchev–Trinajstić information content (AvgIpc) is 2.31. The molecule has 0 atom stereocenters. The average molecular weight is 281 g/mol. The Morgan fingerprint density at radius 1 is 1.42 bits per heavy atom. The summed E-state index contributed by atoms with van der Waals surface area (Å²) in [6, 6.07) is 4.01. The topological polar surface area (TPSA) is 81.0 Å². The first-order chi connectivity index (χ1) is 8.99. The summed E-state index contributed by atoms with van der Waals surface area (Å²) in [4.78, 5) is 18.2. The Bertz CT molecular complexity index is 673. The molecule has 19 heavy (non-hydrogen) atoms. The molecule has 0 amide bonds. The highest BCUT2D eigenvalue weighted by Gasteiger charge is 2.11. The highest BCUT2D eigenvalue weighted by atomic mass is 32.2. The fourth-order valence-corrected chi connectivity index (χ4v) is 2.38. The Hall–Kier alpha value is -2.02. The van der Waals surface area contributed by atoms with Crippen LogP contribution in [0.4, 0.5) is 10.1 Å². The summed E-state index contributed by atoms with van der Waals surface area (Å²) in [5, 5.41) is 0.315. The van der Waals surface area contributed by atoms with E-state index < -0.39 is 5.82 Å². The van der Waals surface area contributed by atoms with Gasteiger partial charge in [0.1, 0.15) is 11.6 Å². The van der Waals surface area contributed by atoms with Gasteiger partial charge in [0.15, 0.2) is 5.16 Å². The van der Waals surface area contributed by atoms with Gasteiger partial charge < -0.3 is 15.5 Å². The van der Waals surface area contributed by atoms with Crippen molar-refractivity contribution in [2.24, 2.45) is 0 Å². The summed E-state index contributed by atoms with van der Waals surface area (Å²) >= 11 is 1.00. The van der Waals surface area contributed by atoms with Gasteiger partial charge in [-0.15, -0.1) is 0 Å². The van der Waals surface area contributed by atoms with E-state index in [1.165, 1.54) is 25.3 Å². The number of H-pyrrole nitrogens is 1. The van der Waals surface area contributed by atoms with E-state index in [2.05, 4.69) is 9.97 Å². The minimum atomic E-state index is -0.493. The van der Waals surface area contributed by atoms with Crippen LogP contribution >= 0.6 is 11.8 Å². The van der Waals surface area contributed by atoms with Crippen molar-refractivity contribution in [2.45, 2.75) is 17.0 Å². The largest absolute Gasteiger partial charge is 0.495 e. The molecule has 0 unspecified atom stereocenters. The number of nitrogens with two attached hydrogens (primary N) is 1. The molecular formula is C12H12FN3O2S. The van der Waals surface area contributed by atoms with Crippen molar-refractivity contribution >= 4 is 17.4 Å². The van der Waals surface area contributed by atoms with Gasteiger partial charge in [0.25, 0.3) is 5.56 Å². The molecule has 100 valence electrons. The molecule has 1 aromatic heterocycles. The number of aromatic nitrogens is 2. The number of nitrogens with zero attached hydrogens (tertiary/aromatic N) is 1. The zero-order chi connectivity index (χ0) is 14.0. The molecule has 1 aromatic carbocycles. The van der Waals surface area contributed by atoms with Crippen molar-refractivity contribution < 1.29 is 9.13 Å². The lowest BCUT2D eigenvalue weighted by atomic mass is 10.3. The predicted octanol–water partition coefficient (Wildman–Crippen LogP) is 1.96. The minimum absolute atomic E-state index is 0.218. The lowest BCUT2D eigenvalue weighted by Gasteiger charge is -2.08. The molecule has 0 saturated heterocycles. The second kappa shape index (κ2) is 5.31. The molecular weight excluding hydrogens is 269 g/mol. The molecule has 0 bridgehead atoms. The number of hydrogen-bond acceptors (Lipinski definition) is 5. The van der Waals surface area contributed by atoms with Crippen molar-refractivity contribution in [2.75, 3.05) is 12.8 Å². The number of nitrogen functional groups attached to an aromatic ring is 1. The lowest BCUT2D eigenvalue weighted by molar-refractivity contribution is 0.414. The fraction of sp³-hybridized carbons (Fsp3) is 0.167. The Morgan fingerprint density at radius 2 is 2.16 bits per heavy atom. The van der Waals surface area contributed by atoms with Gasteiger partial charge in [-0.3, -0.25) is 4.79 Å². The zero-order valence-corrected chi connectivity index (χ0v) is 11.2. The number of aromatic amines is 1. The highest BCUT2D eigenvalue weighted by molar-refractivity contribution is 7.99. The maximum atomic E-state index is 13.8. The van der Waals surface area contributed by atoms with Crippen molar-refractivity contribution in [3.8, 4) is 5.75 Å². The Balaban J connectivity index is 2.40.